The predicted molar refractivity (Wildman–Crippen MR) is 118 cm³/mol. The second-order valence-electron chi connectivity index (χ2n) is 8.10. The molecule has 3 aromatic carbocycles. The zero-order valence-corrected chi connectivity index (χ0v) is 17.3. The fourth-order valence-electron chi connectivity index (χ4n) is 3.75. The molecule has 134 valence electrons. The number of aromatic nitrogens is 2. The van der Waals surface area contributed by atoms with Gasteiger partial charge >= 0.3 is 0 Å². The minimum absolute atomic E-state index is 0.980. The van der Waals surface area contributed by atoms with Crippen LogP contribution in [-0.2, 0) is 0 Å². The fourth-order valence-corrected chi connectivity index (χ4v) is 5.59. The van der Waals surface area contributed by atoms with E-state index in [0.717, 1.165) is 22.2 Å². The number of nitrogens with zero attached hydrogens (tertiary/aromatic N) is 2. The number of fused-ring (bicyclic) bond motifs is 1. The molecule has 0 unspecified atom stereocenters. The van der Waals surface area contributed by atoms with Gasteiger partial charge in [0.25, 0.3) is 0 Å². The Morgan fingerprint density at radius 3 is 2.15 bits per heavy atom. The Hall–Kier alpha value is -2.78. The Kier molecular flexibility index (Phi) is 4.40. The SMILES string of the molecule is Cc1cc(-c2ncnc3cc(-c4ccccc4)ccc23)ccc1[Si](C)(C)C. The molecular weight excluding hydrogens is 344 g/mol. The molecular formula is C24H24N2Si. The van der Waals surface area contributed by atoms with Crippen molar-refractivity contribution in [2.45, 2.75) is 26.6 Å². The number of aryl methyl sites for hydroxylation is 1. The molecule has 1 aromatic heterocycles. The minimum atomic E-state index is -1.33. The van der Waals surface area contributed by atoms with Crippen LogP contribution in [0.4, 0.5) is 0 Å². The molecule has 0 fully saturated rings. The van der Waals surface area contributed by atoms with Gasteiger partial charge in [0.15, 0.2) is 0 Å². The summed E-state index contributed by atoms with van der Waals surface area (Å²) in [6.45, 7) is 9.38. The molecule has 0 spiro atoms. The summed E-state index contributed by atoms with van der Waals surface area (Å²) in [6.07, 6.45) is 1.67. The van der Waals surface area contributed by atoms with E-state index in [4.69, 9.17) is 0 Å². The molecule has 4 aromatic rings. The molecule has 0 atom stereocenters. The molecule has 0 aliphatic heterocycles. The van der Waals surface area contributed by atoms with Crippen LogP contribution in [-0.4, -0.2) is 18.0 Å². The first-order valence-electron chi connectivity index (χ1n) is 9.35. The van der Waals surface area contributed by atoms with Crippen LogP contribution in [0.1, 0.15) is 5.56 Å². The second kappa shape index (κ2) is 6.75. The van der Waals surface area contributed by atoms with Gasteiger partial charge < -0.3 is 0 Å². The topological polar surface area (TPSA) is 25.8 Å². The van der Waals surface area contributed by atoms with Crippen LogP contribution in [0.2, 0.25) is 19.6 Å². The van der Waals surface area contributed by atoms with Gasteiger partial charge in [-0.2, -0.15) is 0 Å². The molecule has 0 saturated heterocycles. The molecule has 1 heterocycles. The van der Waals surface area contributed by atoms with E-state index in [-0.39, 0.29) is 0 Å². The number of rotatable bonds is 3. The van der Waals surface area contributed by atoms with Gasteiger partial charge in [-0.05, 0) is 36.2 Å². The van der Waals surface area contributed by atoms with Crippen LogP contribution >= 0.6 is 0 Å². The lowest BCUT2D eigenvalue weighted by Crippen LogP contribution is -2.39. The molecule has 3 heteroatoms. The van der Waals surface area contributed by atoms with E-state index in [1.807, 2.05) is 6.07 Å². The minimum Gasteiger partial charge on any atom is -0.236 e. The van der Waals surface area contributed by atoms with Gasteiger partial charge in [0, 0.05) is 10.9 Å². The standard InChI is InChI=1S/C24H24N2Si/c1-17-14-20(11-13-23(17)27(2,3)4)24-21-12-10-19(15-22(21)25-16-26-24)18-8-6-5-7-9-18/h5-16H,1-4H3. The Labute approximate surface area is 162 Å². The van der Waals surface area contributed by atoms with Gasteiger partial charge in [-0.15, -0.1) is 0 Å². The van der Waals surface area contributed by atoms with Crippen LogP contribution in [0.5, 0.6) is 0 Å². The number of benzene rings is 3. The van der Waals surface area contributed by atoms with E-state index in [9.17, 15) is 0 Å². The molecule has 0 N–H and O–H groups in total. The number of hydrogen-bond donors (Lipinski definition) is 0. The first-order valence-corrected chi connectivity index (χ1v) is 12.9. The summed E-state index contributed by atoms with van der Waals surface area (Å²) in [5, 5.41) is 2.60. The first kappa shape index (κ1) is 17.6. The lowest BCUT2D eigenvalue weighted by molar-refractivity contribution is 1.22. The third-order valence-electron chi connectivity index (χ3n) is 5.05. The molecule has 0 aliphatic rings. The summed E-state index contributed by atoms with van der Waals surface area (Å²) < 4.78 is 0. The zero-order valence-electron chi connectivity index (χ0n) is 16.3. The van der Waals surface area contributed by atoms with E-state index >= 15 is 0 Å². The molecule has 0 radical (unpaired) electrons. The third kappa shape index (κ3) is 3.43. The highest BCUT2D eigenvalue weighted by atomic mass is 28.3. The Bertz CT molecular complexity index is 1110. The van der Waals surface area contributed by atoms with Crippen LogP contribution in [0.25, 0.3) is 33.3 Å². The molecule has 4 rings (SSSR count). The zero-order chi connectivity index (χ0) is 19.0. The van der Waals surface area contributed by atoms with Crippen LogP contribution in [0.15, 0.2) is 73.1 Å². The van der Waals surface area contributed by atoms with Crippen molar-refractivity contribution in [2.75, 3.05) is 0 Å². The van der Waals surface area contributed by atoms with Crippen molar-refractivity contribution in [1.29, 1.82) is 0 Å². The van der Waals surface area contributed by atoms with Crippen molar-refractivity contribution in [3.05, 3.63) is 78.6 Å². The maximum atomic E-state index is 4.61. The van der Waals surface area contributed by atoms with Crippen LogP contribution < -0.4 is 5.19 Å². The molecule has 0 bridgehead atoms. The van der Waals surface area contributed by atoms with Crippen molar-refractivity contribution < 1.29 is 0 Å². The molecule has 0 amide bonds. The Morgan fingerprint density at radius 1 is 0.704 bits per heavy atom. The molecule has 2 nitrogen and oxygen atoms in total. The van der Waals surface area contributed by atoms with Gasteiger partial charge in [0.2, 0.25) is 0 Å². The first-order chi connectivity index (χ1) is 12.9. The summed E-state index contributed by atoms with van der Waals surface area (Å²) in [4.78, 5) is 9.14. The van der Waals surface area contributed by atoms with Gasteiger partial charge in [0.05, 0.1) is 19.3 Å². The molecule has 0 aliphatic carbocycles. The van der Waals surface area contributed by atoms with Gasteiger partial charge in [-0.3, -0.25) is 0 Å². The maximum Gasteiger partial charge on any atom is 0.116 e. The Balaban J connectivity index is 1.83. The van der Waals surface area contributed by atoms with E-state index in [1.165, 1.54) is 21.9 Å². The average molecular weight is 369 g/mol. The maximum absolute atomic E-state index is 4.61. The summed E-state index contributed by atoms with van der Waals surface area (Å²) in [5.74, 6) is 0. The fraction of sp³-hybridized carbons (Fsp3) is 0.167. The van der Waals surface area contributed by atoms with Crippen molar-refractivity contribution in [3.63, 3.8) is 0 Å². The van der Waals surface area contributed by atoms with Gasteiger partial charge in [0.1, 0.15) is 6.33 Å². The summed E-state index contributed by atoms with van der Waals surface area (Å²) in [7, 11) is -1.33. The summed E-state index contributed by atoms with van der Waals surface area (Å²) in [5.41, 5.74) is 6.89. The van der Waals surface area contributed by atoms with E-state index in [0.29, 0.717) is 0 Å². The Morgan fingerprint density at radius 2 is 1.44 bits per heavy atom. The van der Waals surface area contributed by atoms with Crippen molar-refractivity contribution in [3.8, 4) is 22.4 Å². The van der Waals surface area contributed by atoms with Crippen LogP contribution in [0, 0.1) is 6.92 Å². The van der Waals surface area contributed by atoms with Crippen LogP contribution in [0.3, 0.4) is 0 Å². The normalized spacial score (nSPS) is 11.7. The van der Waals surface area contributed by atoms with E-state index in [1.54, 1.807) is 6.33 Å². The lowest BCUT2D eigenvalue weighted by Gasteiger charge is -2.20. The van der Waals surface area contributed by atoms with E-state index in [2.05, 4.69) is 97.2 Å². The van der Waals surface area contributed by atoms with Crippen molar-refractivity contribution >= 4 is 24.2 Å². The lowest BCUT2D eigenvalue weighted by atomic mass is 10.0. The smallest absolute Gasteiger partial charge is 0.116 e. The van der Waals surface area contributed by atoms with Gasteiger partial charge in [-0.1, -0.05) is 78.9 Å². The summed E-state index contributed by atoms with van der Waals surface area (Å²) in [6, 6.07) is 23.7. The van der Waals surface area contributed by atoms with Crippen molar-refractivity contribution in [2.24, 2.45) is 0 Å². The highest BCUT2D eigenvalue weighted by Gasteiger charge is 2.19. The highest BCUT2D eigenvalue weighted by molar-refractivity contribution is 6.89. The largest absolute Gasteiger partial charge is 0.236 e. The predicted octanol–water partition coefficient (Wildman–Crippen LogP) is 5.82. The molecule has 0 saturated carbocycles. The highest BCUT2D eigenvalue weighted by Crippen LogP contribution is 2.29. The second-order valence-corrected chi connectivity index (χ2v) is 13.1. The number of hydrogen-bond acceptors (Lipinski definition) is 2. The van der Waals surface area contributed by atoms with Crippen molar-refractivity contribution in [1.82, 2.24) is 9.97 Å². The quantitative estimate of drug-likeness (QED) is 0.426. The molecule has 27 heavy (non-hydrogen) atoms. The summed E-state index contributed by atoms with van der Waals surface area (Å²) >= 11 is 0. The van der Waals surface area contributed by atoms with E-state index < -0.39 is 8.07 Å². The monoisotopic (exact) mass is 368 g/mol. The third-order valence-corrected chi connectivity index (χ3v) is 7.23. The average Bonchev–Trinajstić information content (AvgIpc) is 2.66. The van der Waals surface area contributed by atoms with Gasteiger partial charge in [-0.25, -0.2) is 9.97 Å².